The molecule has 2 N–H and O–H groups in total. The van der Waals surface area contributed by atoms with E-state index in [4.69, 9.17) is 11.6 Å². The lowest BCUT2D eigenvalue weighted by molar-refractivity contribution is 0.0696. The van der Waals surface area contributed by atoms with Gasteiger partial charge < -0.3 is 10.4 Å². The molecule has 0 fully saturated rings. The van der Waals surface area contributed by atoms with E-state index in [1.165, 1.54) is 47.5 Å². The molecule has 4 aromatic heterocycles. The molecular weight excluding hydrogens is 451 g/mol. The van der Waals surface area contributed by atoms with Crippen LogP contribution in [0.3, 0.4) is 0 Å². The summed E-state index contributed by atoms with van der Waals surface area (Å²) in [6.45, 7) is 0. The standard InChI is InChI=1S/C21H12ClFN8O2/c22-15-7-13(3-4-16(15)23)27-21-26-10-14(11-6-12(20(32)33)9-24-8-11)19(28-21)31-17-2-1-5-25-18(17)29-30-31/h1-10H,(H,32,33)(H,26,27,28). The second kappa shape index (κ2) is 8.20. The summed E-state index contributed by atoms with van der Waals surface area (Å²) >= 11 is 5.86. The number of hydrogen-bond acceptors (Lipinski definition) is 8. The van der Waals surface area contributed by atoms with E-state index in [9.17, 15) is 14.3 Å². The molecule has 0 atom stereocenters. The van der Waals surface area contributed by atoms with E-state index in [1.54, 1.807) is 18.3 Å². The number of rotatable bonds is 5. The van der Waals surface area contributed by atoms with E-state index in [2.05, 4.69) is 35.6 Å². The summed E-state index contributed by atoms with van der Waals surface area (Å²) in [5.74, 6) is -1.19. The molecule has 1 aromatic carbocycles. The van der Waals surface area contributed by atoms with Crippen LogP contribution in [0.4, 0.5) is 16.0 Å². The molecule has 0 unspecified atom stereocenters. The van der Waals surface area contributed by atoms with Crippen molar-refractivity contribution in [2.45, 2.75) is 0 Å². The van der Waals surface area contributed by atoms with Gasteiger partial charge in [-0.05, 0) is 36.4 Å². The van der Waals surface area contributed by atoms with E-state index in [-0.39, 0.29) is 16.5 Å². The summed E-state index contributed by atoms with van der Waals surface area (Å²) in [5, 5.41) is 20.5. The van der Waals surface area contributed by atoms with Crippen molar-refractivity contribution in [3.05, 3.63) is 77.6 Å². The Morgan fingerprint density at radius 2 is 2.00 bits per heavy atom. The molecule has 4 heterocycles. The molecule has 0 spiro atoms. The maximum Gasteiger partial charge on any atom is 0.337 e. The van der Waals surface area contributed by atoms with Crippen molar-refractivity contribution in [3.63, 3.8) is 0 Å². The largest absolute Gasteiger partial charge is 0.478 e. The zero-order chi connectivity index (χ0) is 22.9. The van der Waals surface area contributed by atoms with E-state index in [1.807, 2.05) is 0 Å². The number of carbonyl (C=O) groups is 1. The summed E-state index contributed by atoms with van der Waals surface area (Å²) in [7, 11) is 0. The SMILES string of the molecule is O=C(O)c1cncc(-c2cnc(Nc3ccc(F)c(Cl)c3)nc2-n2nnc3ncccc32)c1. The molecule has 0 bridgehead atoms. The molecular formula is C21H12ClFN8O2. The third kappa shape index (κ3) is 3.92. The van der Waals surface area contributed by atoms with Crippen LogP contribution in [0.5, 0.6) is 0 Å². The van der Waals surface area contributed by atoms with Gasteiger partial charge in [0.05, 0.1) is 10.6 Å². The third-order valence-electron chi connectivity index (χ3n) is 4.66. The van der Waals surface area contributed by atoms with Gasteiger partial charge in [-0.25, -0.2) is 19.2 Å². The molecule has 0 amide bonds. The fraction of sp³-hybridized carbons (Fsp3) is 0. The summed E-state index contributed by atoms with van der Waals surface area (Å²) in [5.41, 5.74) is 2.39. The predicted molar refractivity (Wildman–Crippen MR) is 117 cm³/mol. The van der Waals surface area contributed by atoms with Crippen LogP contribution < -0.4 is 5.32 Å². The summed E-state index contributed by atoms with van der Waals surface area (Å²) in [4.78, 5) is 28.5. The lowest BCUT2D eigenvalue weighted by Gasteiger charge is -2.12. The summed E-state index contributed by atoms with van der Waals surface area (Å²) in [6.07, 6.45) is 5.84. The summed E-state index contributed by atoms with van der Waals surface area (Å²) in [6, 6.07) is 9.08. The number of benzene rings is 1. The Labute approximate surface area is 189 Å². The first kappa shape index (κ1) is 20.4. The van der Waals surface area contributed by atoms with Gasteiger partial charge >= 0.3 is 5.97 Å². The molecule has 0 saturated heterocycles. The van der Waals surface area contributed by atoms with Gasteiger partial charge in [0, 0.05) is 41.6 Å². The highest BCUT2D eigenvalue weighted by Gasteiger charge is 2.18. The van der Waals surface area contributed by atoms with Gasteiger partial charge in [-0.1, -0.05) is 16.8 Å². The Balaban J connectivity index is 1.67. The van der Waals surface area contributed by atoms with Crippen LogP contribution in [0.2, 0.25) is 5.02 Å². The minimum atomic E-state index is -1.12. The number of aromatic nitrogens is 7. The lowest BCUT2D eigenvalue weighted by Crippen LogP contribution is -2.07. The Morgan fingerprint density at radius 3 is 2.82 bits per heavy atom. The van der Waals surface area contributed by atoms with Crippen molar-refractivity contribution in [3.8, 4) is 16.9 Å². The molecule has 10 nitrogen and oxygen atoms in total. The third-order valence-corrected chi connectivity index (χ3v) is 4.95. The monoisotopic (exact) mass is 462 g/mol. The number of pyridine rings is 2. The number of nitrogens with one attached hydrogen (secondary N) is 1. The number of halogens is 2. The zero-order valence-corrected chi connectivity index (χ0v) is 17.3. The average molecular weight is 463 g/mol. The van der Waals surface area contributed by atoms with Crippen LogP contribution in [-0.2, 0) is 0 Å². The smallest absolute Gasteiger partial charge is 0.337 e. The molecule has 5 aromatic rings. The Bertz CT molecular complexity index is 1520. The van der Waals surface area contributed by atoms with Crippen LogP contribution in [-0.4, -0.2) is 46.0 Å². The van der Waals surface area contributed by atoms with E-state index >= 15 is 0 Å². The van der Waals surface area contributed by atoms with Crippen LogP contribution in [0.15, 0.2) is 61.2 Å². The molecule has 0 aliphatic carbocycles. The van der Waals surface area contributed by atoms with Crippen molar-refractivity contribution in [2.24, 2.45) is 0 Å². The Hall–Kier alpha value is -4.51. The summed E-state index contributed by atoms with van der Waals surface area (Å²) < 4.78 is 15.0. The fourth-order valence-electron chi connectivity index (χ4n) is 3.13. The van der Waals surface area contributed by atoms with Gasteiger partial charge in [-0.3, -0.25) is 4.98 Å². The molecule has 12 heteroatoms. The maximum atomic E-state index is 13.5. The molecule has 0 aliphatic rings. The topological polar surface area (TPSA) is 132 Å². The van der Waals surface area contributed by atoms with Gasteiger partial charge in [0.1, 0.15) is 11.3 Å². The normalized spacial score (nSPS) is 11.0. The number of carboxylic acid groups (broad SMARTS) is 1. The van der Waals surface area contributed by atoms with Crippen LogP contribution in [0, 0.1) is 5.82 Å². The molecule has 5 rings (SSSR count). The number of nitrogens with zero attached hydrogens (tertiary/aromatic N) is 7. The zero-order valence-electron chi connectivity index (χ0n) is 16.5. The van der Waals surface area contributed by atoms with Crippen LogP contribution >= 0.6 is 11.6 Å². The van der Waals surface area contributed by atoms with E-state index < -0.39 is 11.8 Å². The number of anilines is 2. The Kier molecular flexibility index (Phi) is 5.07. The highest BCUT2D eigenvalue weighted by atomic mass is 35.5. The molecule has 0 radical (unpaired) electrons. The van der Waals surface area contributed by atoms with Crippen molar-refractivity contribution < 1.29 is 14.3 Å². The molecule has 0 saturated carbocycles. The average Bonchev–Trinajstić information content (AvgIpc) is 3.25. The van der Waals surface area contributed by atoms with E-state index in [0.717, 1.165) is 0 Å². The van der Waals surface area contributed by atoms with Crippen molar-refractivity contribution >= 4 is 40.4 Å². The van der Waals surface area contributed by atoms with Crippen molar-refractivity contribution in [1.29, 1.82) is 0 Å². The number of hydrogen-bond donors (Lipinski definition) is 2. The lowest BCUT2D eigenvalue weighted by atomic mass is 10.1. The number of fused-ring (bicyclic) bond motifs is 1. The minimum absolute atomic E-state index is 0.00622. The fourth-order valence-corrected chi connectivity index (χ4v) is 3.31. The van der Waals surface area contributed by atoms with Crippen LogP contribution in [0.1, 0.15) is 10.4 Å². The van der Waals surface area contributed by atoms with Gasteiger partial charge in [0.2, 0.25) is 11.6 Å². The minimum Gasteiger partial charge on any atom is -0.478 e. The number of carboxylic acids is 1. The van der Waals surface area contributed by atoms with Crippen LogP contribution in [0.25, 0.3) is 28.1 Å². The molecule has 0 aliphatic heterocycles. The van der Waals surface area contributed by atoms with Gasteiger partial charge in [0.25, 0.3) is 0 Å². The molecule has 33 heavy (non-hydrogen) atoms. The van der Waals surface area contributed by atoms with E-state index in [0.29, 0.717) is 33.8 Å². The second-order valence-corrected chi connectivity index (χ2v) is 7.21. The van der Waals surface area contributed by atoms with Gasteiger partial charge in [-0.15, -0.1) is 5.10 Å². The van der Waals surface area contributed by atoms with Crippen molar-refractivity contribution in [1.82, 2.24) is 34.9 Å². The Morgan fingerprint density at radius 1 is 1.12 bits per heavy atom. The second-order valence-electron chi connectivity index (χ2n) is 6.80. The predicted octanol–water partition coefficient (Wildman–Crippen LogP) is 3.90. The highest BCUT2D eigenvalue weighted by molar-refractivity contribution is 6.31. The van der Waals surface area contributed by atoms with Gasteiger partial charge in [0.15, 0.2) is 5.82 Å². The number of aromatic carboxylic acids is 1. The maximum absolute atomic E-state index is 13.5. The van der Waals surface area contributed by atoms with Crippen molar-refractivity contribution in [2.75, 3.05) is 5.32 Å². The molecule has 162 valence electrons. The first-order valence-electron chi connectivity index (χ1n) is 9.44. The quantitative estimate of drug-likeness (QED) is 0.399. The highest BCUT2D eigenvalue weighted by Crippen LogP contribution is 2.28. The van der Waals surface area contributed by atoms with Gasteiger partial charge in [-0.2, -0.15) is 9.67 Å². The first-order chi connectivity index (χ1) is 16.0. The first-order valence-corrected chi connectivity index (χ1v) is 9.82.